The summed E-state index contributed by atoms with van der Waals surface area (Å²) in [6.07, 6.45) is 5.62. The van der Waals surface area contributed by atoms with Gasteiger partial charge in [-0.15, -0.1) is 0 Å². The zero-order chi connectivity index (χ0) is 15.6. The molecule has 1 aromatic carbocycles. The molecule has 0 unspecified atom stereocenters. The highest BCUT2D eigenvalue weighted by atomic mass is 16.2. The molecular formula is C17H21N5O. The fourth-order valence-electron chi connectivity index (χ4n) is 3.52. The summed E-state index contributed by atoms with van der Waals surface area (Å²) < 4.78 is 1.93. The van der Waals surface area contributed by atoms with E-state index in [9.17, 15) is 4.79 Å². The van der Waals surface area contributed by atoms with E-state index in [-0.39, 0.29) is 11.9 Å². The van der Waals surface area contributed by atoms with Gasteiger partial charge in [0, 0.05) is 24.7 Å². The Bertz CT molecular complexity index is 711. The van der Waals surface area contributed by atoms with E-state index in [0.717, 1.165) is 50.3 Å². The average Bonchev–Trinajstić information content (AvgIpc) is 3.07. The van der Waals surface area contributed by atoms with E-state index in [0.29, 0.717) is 6.54 Å². The number of nitrogens with one attached hydrogen (secondary N) is 1. The molecule has 2 aliphatic heterocycles. The number of carbonyl (C=O) groups excluding carboxylic acids is 1. The molecule has 1 aromatic heterocycles. The van der Waals surface area contributed by atoms with Gasteiger partial charge in [0.1, 0.15) is 12.2 Å². The minimum absolute atomic E-state index is 0.154. The summed E-state index contributed by atoms with van der Waals surface area (Å²) in [5, 5.41) is 7.62. The number of aromatic nitrogens is 3. The van der Waals surface area contributed by atoms with E-state index in [1.165, 1.54) is 5.56 Å². The molecular weight excluding hydrogens is 290 g/mol. The van der Waals surface area contributed by atoms with Crippen LogP contribution in [0.3, 0.4) is 0 Å². The number of rotatable bonds is 3. The molecule has 0 spiro atoms. The third-order valence-electron chi connectivity index (χ3n) is 4.76. The average molecular weight is 311 g/mol. The van der Waals surface area contributed by atoms with Gasteiger partial charge in [-0.25, -0.2) is 9.67 Å². The van der Waals surface area contributed by atoms with Crippen LogP contribution in [-0.2, 0) is 24.2 Å². The minimum atomic E-state index is 0.154. The number of nitrogens with zero attached hydrogens (tertiary/aromatic N) is 4. The summed E-state index contributed by atoms with van der Waals surface area (Å²) in [6.45, 7) is 1.98. The van der Waals surface area contributed by atoms with Crippen molar-refractivity contribution in [3.63, 3.8) is 0 Å². The second-order valence-electron chi connectivity index (χ2n) is 6.25. The monoisotopic (exact) mass is 311 g/mol. The molecule has 6 nitrogen and oxygen atoms in total. The molecule has 0 radical (unpaired) electrons. The predicted octanol–water partition coefficient (Wildman–Crippen LogP) is 1.16. The molecule has 0 saturated carbocycles. The van der Waals surface area contributed by atoms with Gasteiger partial charge < -0.3 is 10.2 Å². The molecule has 120 valence electrons. The van der Waals surface area contributed by atoms with Gasteiger partial charge in [-0.2, -0.15) is 5.10 Å². The van der Waals surface area contributed by atoms with Crippen LogP contribution in [0.5, 0.6) is 0 Å². The number of anilines is 1. The normalized spacial score (nSPS) is 20.0. The van der Waals surface area contributed by atoms with E-state index in [2.05, 4.69) is 27.5 Å². The Morgan fingerprint density at radius 2 is 2.22 bits per heavy atom. The SMILES string of the molecule is O=C(CN[C@H]1CCc2ncnn2C1)N1CCCc2ccccc21. The molecule has 3 heterocycles. The Morgan fingerprint density at radius 3 is 3.17 bits per heavy atom. The first-order chi connectivity index (χ1) is 11.3. The van der Waals surface area contributed by atoms with Crippen molar-refractivity contribution in [1.82, 2.24) is 20.1 Å². The number of hydrogen-bond acceptors (Lipinski definition) is 4. The molecule has 0 fully saturated rings. The van der Waals surface area contributed by atoms with Crippen LogP contribution in [0.2, 0.25) is 0 Å². The van der Waals surface area contributed by atoms with Crippen LogP contribution in [0.25, 0.3) is 0 Å². The number of fused-ring (bicyclic) bond motifs is 2. The van der Waals surface area contributed by atoms with Gasteiger partial charge in [0.05, 0.1) is 13.1 Å². The summed E-state index contributed by atoms with van der Waals surface area (Å²) in [5.74, 6) is 1.20. The van der Waals surface area contributed by atoms with E-state index in [1.54, 1.807) is 6.33 Å². The van der Waals surface area contributed by atoms with E-state index >= 15 is 0 Å². The zero-order valence-electron chi connectivity index (χ0n) is 13.1. The Balaban J connectivity index is 1.38. The van der Waals surface area contributed by atoms with Crippen molar-refractivity contribution in [1.29, 1.82) is 0 Å². The third kappa shape index (κ3) is 2.86. The lowest BCUT2D eigenvalue weighted by molar-refractivity contribution is -0.118. The van der Waals surface area contributed by atoms with E-state index < -0.39 is 0 Å². The molecule has 1 atom stereocenters. The highest BCUT2D eigenvalue weighted by molar-refractivity contribution is 5.95. The Kier molecular flexibility index (Phi) is 3.83. The summed E-state index contributed by atoms with van der Waals surface area (Å²) >= 11 is 0. The van der Waals surface area contributed by atoms with E-state index in [1.807, 2.05) is 21.7 Å². The second-order valence-corrected chi connectivity index (χ2v) is 6.25. The highest BCUT2D eigenvalue weighted by Crippen LogP contribution is 2.26. The standard InChI is InChI=1S/C17H21N5O/c23-17(21-9-3-5-13-4-1-2-6-15(13)21)10-18-14-7-8-16-19-12-20-22(16)11-14/h1-2,4,6,12,14,18H,3,5,7-11H2/t14-/m0/s1. The van der Waals surface area contributed by atoms with Gasteiger partial charge in [0.2, 0.25) is 5.91 Å². The molecule has 4 rings (SSSR count). The molecule has 6 heteroatoms. The smallest absolute Gasteiger partial charge is 0.240 e. The van der Waals surface area contributed by atoms with Crippen molar-refractivity contribution in [2.75, 3.05) is 18.0 Å². The number of hydrogen-bond donors (Lipinski definition) is 1. The summed E-state index contributed by atoms with van der Waals surface area (Å²) in [6, 6.07) is 8.51. The summed E-state index contributed by atoms with van der Waals surface area (Å²) in [5.41, 5.74) is 2.35. The van der Waals surface area contributed by atoms with Gasteiger partial charge in [0.15, 0.2) is 0 Å². The molecule has 0 bridgehead atoms. The van der Waals surface area contributed by atoms with Crippen LogP contribution in [-0.4, -0.2) is 39.8 Å². The largest absolute Gasteiger partial charge is 0.311 e. The number of carbonyl (C=O) groups is 1. The van der Waals surface area contributed by atoms with Crippen LogP contribution >= 0.6 is 0 Å². The predicted molar refractivity (Wildman–Crippen MR) is 87.2 cm³/mol. The van der Waals surface area contributed by atoms with Crippen molar-refractivity contribution >= 4 is 11.6 Å². The Morgan fingerprint density at radius 1 is 1.30 bits per heavy atom. The Labute approximate surface area is 135 Å². The van der Waals surface area contributed by atoms with Crippen LogP contribution in [0.4, 0.5) is 5.69 Å². The number of para-hydroxylation sites is 1. The van der Waals surface area contributed by atoms with Crippen molar-refractivity contribution in [2.24, 2.45) is 0 Å². The van der Waals surface area contributed by atoms with Gasteiger partial charge >= 0.3 is 0 Å². The number of amides is 1. The van der Waals surface area contributed by atoms with Crippen LogP contribution in [0.15, 0.2) is 30.6 Å². The lowest BCUT2D eigenvalue weighted by Gasteiger charge is -2.30. The maximum absolute atomic E-state index is 12.6. The lowest BCUT2D eigenvalue weighted by atomic mass is 10.0. The number of benzene rings is 1. The second kappa shape index (κ2) is 6.12. The lowest BCUT2D eigenvalue weighted by Crippen LogP contribution is -2.46. The Hall–Kier alpha value is -2.21. The van der Waals surface area contributed by atoms with Crippen molar-refractivity contribution < 1.29 is 4.79 Å². The molecule has 1 amide bonds. The third-order valence-corrected chi connectivity index (χ3v) is 4.76. The van der Waals surface area contributed by atoms with Gasteiger partial charge in [0.25, 0.3) is 0 Å². The highest BCUT2D eigenvalue weighted by Gasteiger charge is 2.24. The van der Waals surface area contributed by atoms with Crippen LogP contribution < -0.4 is 10.2 Å². The fraction of sp³-hybridized carbons (Fsp3) is 0.471. The van der Waals surface area contributed by atoms with Gasteiger partial charge in [-0.1, -0.05) is 18.2 Å². The quantitative estimate of drug-likeness (QED) is 0.924. The minimum Gasteiger partial charge on any atom is -0.311 e. The maximum atomic E-state index is 12.6. The van der Waals surface area contributed by atoms with Crippen molar-refractivity contribution in [3.05, 3.63) is 42.0 Å². The molecule has 23 heavy (non-hydrogen) atoms. The van der Waals surface area contributed by atoms with Gasteiger partial charge in [-0.3, -0.25) is 4.79 Å². The first kappa shape index (κ1) is 14.4. The fourth-order valence-corrected chi connectivity index (χ4v) is 3.52. The zero-order valence-corrected chi connectivity index (χ0v) is 13.1. The molecule has 0 aliphatic carbocycles. The summed E-state index contributed by atoms with van der Waals surface area (Å²) in [7, 11) is 0. The molecule has 2 aliphatic rings. The van der Waals surface area contributed by atoms with Crippen LogP contribution in [0.1, 0.15) is 24.2 Å². The topological polar surface area (TPSA) is 63.1 Å². The summed E-state index contributed by atoms with van der Waals surface area (Å²) in [4.78, 5) is 18.8. The maximum Gasteiger partial charge on any atom is 0.240 e. The first-order valence-electron chi connectivity index (χ1n) is 8.29. The number of aryl methyl sites for hydroxylation is 2. The van der Waals surface area contributed by atoms with Crippen molar-refractivity contribution in [3.8, 4) is 0 Å². The first-order valence-corrected chi connectivity index (χ1v) is 8.29. The molecule has 1 N–H and O–H groups in total. The van der Waals surface area contributed by atoms with Crippen LogP contribution in [0, 0.1) is 0 Å². The van der Waals surface area contributed by atoms with E-state index in [4.69, 9.17) is 0 Å². The van der Waals surface area contributed by atoms with Gasteiger partial charge in [-0.05, 0) is 30.9 Å². The molecule has 2 aromatic rings. The van der Waals surface area contributed by atoms with Crippen molar-refractivity contribution in [2.45, 2.75) is 38.3 Å². The molecule has 0 saturated heterocycles.